The molecule has 0 aromatic heterocycles. The second-order valence-electron chi connectivity index (χ2n) is 9.20. The van der Waals surface area contributed by atoms with Gasteiger partial charge in [0.2, 0.25) is 17.7 Å². The van der Waals surface area contributed by atoms with Crippen LogP contribution in [-0.4, -0.2) is 70.9 Å². The van der Waals surface area contributed by atoms with Crippen molar-refractivity contribution in [1.82, 2.24) is 9.80 Å². The number of carbonyl (C=O) groups excluding carboxylic acids is 4. The van der Waals surface area contributed by atoms with Crippen LogP contribution < -0.4 is 0 Å². The Morgan fingerprint density at radius 2 is 2.04 bits per heavy atom. The van der Waals surface area contributed by atoms with Crippen LogP contribution in [0.4, 0.5) is 0 Å². The van der Waals surface area contributed by atoms with E-state index in [4.69, 9.17) is 9.47 Å². The van der Waals surface area contributed by atoms with Crippen LogP contribution in [0.1, 0.15) is 26.2 Å². The third-order valence-corrected chi connectivity index (χ3v) is 8.61. The summed E-state index contributed by atoms with van der Waals surface area (Å²) < 4.78 is 11.5. The van der Waals surface area contributed by atoms with Crippen LogP contribution in [0, 0.1) is 23.2 Å². The normalized spacial score (nSPS) is 52.4. The van der Waals surface area contributed by atoms with E-state index in [0.717, 1.165) is 17.7 Å². The zero-order valence-corrected chi connectivity index (χ0v) is 16.0. The van der Waals surface area contributed by atoms with E-state index in [1.165, 1.54) is 19.1 Å². The SMILES string of the molecule is COC(=O)[C@]1(C)[C@@H]2C(=O)N(C)C(=O)[C@@H]2[C@H]2N1C(=O)[C@@]13CCC[C@@H]1C1C=CC23O1. The van der Waals surface area contributed by atoms with E-state index in [9.17, 15) is 19.2 Å². The number of likely N-dealkylation sites (tertiary alicyclic amines) is 1. The molecule has 2 unspecified atom stereocenters. The van der Waals surface area contributed by atoms with Crippen LogP contribution in [0.3, 0.4) is 0 Å². The summed E-state index contributed by atoms with van der Waals surface area (Å²) in [6.45, 7) is 1.58. The van der Waals surface area contributed by atoms with Crippen LogP contribution in [0.15, 0.2) is 12.2 Å². The average Bonchev–Trinajstić information content (AvgIpc) is 3.46. The van der Waals surface area contributed by atoms with Crippen molar-refractivity contribution < 1.29 is 28.7 Å². The van der Waals surface area contributed by atoms with E-state index >= 15 is 0 Å². The van der Waals surface area contributed by atoms with Crippen LogP contribution in [-0.2, 0) is 28.7 Å². The predicted molar refractivity (Wildman–Crippen MR) is 92.3 cm³/mol. The minimum Gasteiger partial charge on any atom is -0.467 e. The van der Waals surface area contributed by atoms with Gasteiger partial charge in [-0.25, -0.2) is 4.79 Å². The number of esters is 1. The number of methoxy groups -OCH3 is 1. The lowest BCUT2D eigenvalue weighted by atomic mass is 9.61. The quantitative estimate of drug-likeness (QED) is 0.354. The minimum atomic E-state index is -1.52. The van der Waals surface area contributed by atoms with E-state index in [1.807, 2.05) is 12.2 Å². The van der Waals surface area contributed by atoms with Gasteiger partial charge in [-0.15, -0.1) is 0 Å². The molecule has 5 fully saturated rings. The van der Waals surface area contributed by atoms with Gasteiger partial charge in [0.15, 0.2) is 5.54 Å². The Balaban J connectivity index is 1.63. The molecule has 5 heterocycles. The summed E-state index contributed by atoms with van der Waals surface area (Å²) in [5.74, 6) is -3.29. The van der Waals surface area contributed by atoms with Crippen molar-refractivity contribution in [1.29, 1.82) is 0 Å². The monoisotopic (exact) mass is 386 g/mol. The molecule has 6 rings (SSSR count). The molecule has 3 amide bonds. The van der Waals surface area contributed by atoms with Gasteiger partial charge < -0.3 is 14.4 Å². The Labute approximate surface area is 161 Å². The molecule has 8 atom stereocenters. The number of carbonyl (C=O) groups is 4. The molecule has 0 N–H and O–H groups in total. The predicted octanol–water partition coefficient (Wildman–Crippen LogP) is -0.133. The van der Waals surface area contributed by atoms with Crippen molar-refractivity contribution in [3.63, 3.8) is 0 Å². The molecule has 8 heteroatoms. The number of nitrogens with zero attached hydrogens (tertiary/aromatic N) is 2. The number of ether oxygens (including phenoxy) is 2. The first-order chi connectivity index (χ1) is 13.3. The van der Waals surface area contributed by atoms with Gasteiger partial charge in [0.05, 0.1) is 36.5 Å². The maximum atomic E-state index is 14.0. The van der Waals surface area contributed by atoms with Crippen molar-refractivity contribution in [3.05, 3.63) is 12.2 Å². The van der Waals surface area contributed by atoms with Gasteiger partial charge in [-0.2, -0.15) is 0 Å². The van der Waals surface area contributed by atoms with Gasteiger partial charge in [-0.3, -0.25) is 19.3 Å². The fourth-order valence-corrected chi connectivity index (χ4v) is 7.63. The topological polar surface area (TPSA) is 93.2 Å². The number of amides is 3. The first kappa shape index (κ1) is 16.7. The minimum absolute atomic E-state index is 0.0564. The van der Waals surface area contributed by atoms with Gasteiger partial charge in [0, 0.05) is 13.0 Å². The summed E-state index contributed by atoms with van der Waals surface area (Å²) in [4.78, 5) is 55.7. The van der Waals surface area contributed by atoms with E-state index in [0.29, 0.717) is 6.42 Å². The molecule has 4 saturated heterocycles. The number of fused-ring (bicyclic) bond motifs is 5. The van der Waals surface area contributed by atoms with Gasteiger partial charge >= 0.3 is 5.97 Å². The molecular weight excluding hydrogens is 364 g/mol. The molecule has 2 spiro atoms. The highest BCUT2D eigenvalue weighted by molar-refractivity contribution is 6.12. The van der Waals surface area contributed by atoms with Crippen molar-refractivity contribution in [2.75, 3.05) is 14.2 Å². The van der Waals surface area contributed by atoms with Crippen LogP contribution in [0.25, 0.3) is 0 Å². The van der Waals surface area contributed by atoms with Gasteiger partial charge in [-0.1, -0.05) is 18.6 Å². The van der Waals surface area contributed by atoms with Crippen molar-refractivity contribution in [2.45, 2.75) is 49.5 Å². The number of imide groups is 1. The standard InChI is InChI=1S/C20H22N2O6/c1-18(17(26)27-3)12-11(14(23)21(2)15(12)24)13-20-8-6-10(28-20)9-5-4-7-19(9,20)16(25)22(13)18/h6,8-13H,4-5,7H2,1-3H3/t9-,10?,11+,12+,13-,18+,19-,20?/m1/s1. The molecule has 1 saturated carbocycles. The Morgan fingerprint density at radius 1 is 1.29 bits per heavy atom. The molecule has 0 radical (unpaired) electrons. The van der Waals surface area contributed by atoms with Crippen molar-refractivity contribution >= 4 is 23.7 Å². The van der Waals surface area contributed by atoms with Crippen LogP contribution in [0.5, 0.6) is 0 Å². The maximum absolute atomic E-state index is 14.0. The second kappa shape index (κ2) is 4.50. The summed E-state index contributed by atoms with van der Waals surface area (Å²) in [6.07, 6.45) is 6.28. The molecule has 2 bridgehead atoms. The molecule has 0 aromatic rings. The Kier molecular flexibility index (Phi) is 2.69. The summed E-state index contributed by atoms with van der Waals surface area (Å²) in [5, 5.41) is 0. The number of hydrogen-bond acceptors (Lipinski definition) is 6. The lowest BCUT2D eigenvalue weighted by Crippen LogP contribution is -2.58. The zero-order chi connectivity index (χ0) is 19.8. The van der Waals surface area contributed by atoms with Gasteiger partial charge in [0.25, 0.3) is 0 Å². The first-order valence-corrected chi connectivity index (χ1v) is 9.88. The van der Waals surface area contributed by atoms with Crippen molar-refractivity contribution in [3.8, 4) is 0 Å². The molecule has 0 aromatic carbocycles. The summed E-state index contributed by atoms with van der Waals surface area (Å²) >= 11 is 0. The molecule has 5 aliphatic heterocycles. The Hall–Kier alpha value is -2.22. The summed E-state index contributed by atoms with van der Waals surface area (Å²) in [5.41, 5.74) is -3.22. The summed E-state index contributed by atoms with van der Waals surface area (Å²) in [6, 6.07) is -0.667. The highest BCUT2D eigenvalue weighted by Gasteiger charge is 2.87. The average molecular weight is 386 g/mol. The molecular formula is C20H22N2O6. The highest BCUT2D eigenvalue weighted by atomic mass is 16.5. The molecule has 28 heavy (non-hydrogen) atoms. The third kappa shape index (κ3) is 1.26. The molecule has 6 aliphatic rings. The number of rotatable bonds is 1. The zero-order valence-electron chi connectivity index (χ0n) is 16.0. The van der Waals surface area contributed by atoms with Gasteiger partial charge in [-0.05, 0) is 19.8 Å². The van der Waals surface area contributed by atoms with E-state index in [-0.39, 0.29) is 23.8 Å². The smallest absolute Gasteiger partial charge is 0.332 e. The Morgan fingerprint density at radius 3 is 2.75 bits per heavy atom. The van der Waals surface area contributed by atoms with Gasteiger partial charge in [0.1, 0.15) is 5.60 Å². The third-order valence-electron chi connectivity index (χ3n) is 8.61. The second-order valence-corrected chi connectivity index (χ2v) is 9.20. The lowest BCUT2D eigenvalue weighted by Gasteiger charge is -2.38. The first-order valence-electron chi connectivity index (χ1n) is 9.88. The fourth-order valence-electron chi connectivity index (χ4n) is 7.63. The highest BCUT2D eigenvalue weighted by Crippen LogP contribution is 2.73. The van der Waals surface area contributed by atoms with E-state index in [1.54, 1.807) is 6.92 Å². The van der Waals surface area contributed by atoms with Crippen LogP contribution >= 0.6 is 0 Å². The van der Waals surface area contributed by atoms with Crippen LogP contribution in [0.2, 0.25) is 0 Å². The lowest BCUT2D eigenvalue weighted by molar-refractivity contribution is -0.165. The maximum Gasteiger partial charge on any atom is 0.332 e. The van der Waals surface area contributed by atoms with Crippen molar-refractivity contribution in [2.24, 2.45) is 23.2 Å². The van der Waals surface area contributed by atoms with E-state index < -0.39 is 46.3 Å². The summed E-state index contributed by atoms with van der Waals surface area (Å²) in [7, 11) is 2.69. The van der Waals surface area contributed by atoms with E-state index in [2.05, 4.69) is 0 Å². The Bertz CT molecular complexity index is 914. The largest absolute Gasteiger partial charge is 0.467 e. The molecule has 148 valence electrons. The molecule has 1 aliphatic carbocycles. The number of hydrogen-bond donors (Lipinski definition) is 0. The fraction of sp³-hybridized carbons (Fsp3) is 0.700. The molecule has 8 nitrogen and oxygen atoms in total.